The second-order valence-electron chi connectivity index (χ2n) is 4.68. The van der Waals surface area contributed by atoms with Crippen molar-refractivity contribution >= 4 is 10.0 Å². The summed E-state index contributed by atoms with van der Waals surface area (Å²) in [5.41, 5.74) is 0. The van der Waals surface area contributed by atoms with Gasteiger partial charge in [-0.2, -0.15) is 0 Å². The van der Waals surface area contributed by atoms with E-state index in [2.05, 4.69) is 4.72 Å². The van der Waals surface area contributed by atoms with E-state index in [1.807, 2.05) is 11.9 Å². The molecule has 0 unspecified atom stereocenters. The van der Waals surface area contributed by atoms with Crippen molar-refractivity contribution in [3.05, 3.63) is 29.8 Å². The standard InChI is InChI=1S/C12H16F2N2O2S/c1-16(10-3-4-10)7-6-15-19(17,18)12-8-9(13)2-5-11(12)14/h2,5,8,10,15H,3-4,6-7H2,1H3. The first-order valence-corrected chi connectivity index (χ1v) is 7.53. The lowest BCUT2D eigenvalue weighted by Gasteiger charge is -2.15. The van der Waals surface area contributed by atoms with Crippen molar-refractivity contribution in [2.24, 2.45) is 0 Å². The van der Waals surface area contributed by atoms with Crippen LogP contribution in [0.3, 0.4) is 0 Å². The van der Waals surface area contributed by atoms with Crippen LogP contribution >= 0.6 is 0 Å². The Bertz CT molecular complexity index is 559. The molecule has 1 aromatic carbocycles. The van der Waals surface area contributed by atoms with Crippen LogP contribution in [0.15, 0.2) is 23.1 Å². The topological polar surface area (TPSA) is 49.4 Å². The zero-order valence-corrected chi connectivity index (χ0v) is 11.4. The van der Waals surface area contributed by atoms with Gasteiger partial charge >= 0.3 is 0 Å². The van der Waals surface area contributed by atoms with Gasteiger partial charge in [0.1, 0.15) is 16.5 Å². The highest BCUT2D eigenvalue weighted by molar-refractivity contribution is 7.89. The minimum absolute atomic E-state index is 0.172. The van der Waals surface area contributed by atoms with Gasteiger partial charge < -0.3 is 4.90 Å². The van der Waals surface area contributed by atoms with Crippen molar-refractivity contribution in [3.8, 4) is 0 Å². The van der Waals surface area contributed by atoms with Crippen LogP contribution in [-0.2, 0) is 10.0 Å². The van der Waals surface area contributed by atoms with Crippen LogP contribution in [0, 0.1) is 11.6 Å². The summed E-state index contributed by atoms with van der Waals surface area (Å²) in [6.07, 6.45) is 2.25. The summed E-state index contributed by atoms with van der Waals surface area (Å²) in [5.74, 6) is -1.73. The van der Waals surface area contributed by atoms with Gasteiger partial charge in [-0.1, -0.05) is 0 Å². The van der Waals surface area contributed by atoms with Crippen molar-refractivity contribution in [1.29, 1.82) is 0 Å². The van der Waals surface area contributed by atoms with Crippen molar-refractivity contribution in [2.75, 3.05) is 20.1 Å². The summed E-state index contributed by atoms with van der Waals surface area (Å²) in [5, 5.41) is 0. The van der Waals surface area contributed by atoms with E-state index in [1.54, 1.807) is 0 Å². The fourth-order valence-electron chi connectivity index (χ4n) is 1.82. The van der Waals surface area contributed by atoms with Crippen LogP contribution in [0.1, 0.15) is 12.8 Å². The molecule has 0 spiro atoms. The average Bonchev–Trinajstić information content (AvgIpc) is 3.15. The van der Waals surface area contributed by atoms with Crippen LogP contribution in [0.5, 0.6) is 0 Å². The Balaban J connectivity index is 1.99. The zero-order valence-electron chi connectivity index (χ0n) is 10.6. The lowest BCUT2D eigenvalue weighted by atomic mass is 10.3. The number of nitrogens with zero attached hydrogens (tertiary/aromatic N) is 1. The number of rotatable bonds is 6. The van der Waals surface area contributed by atoms with Gasteiger partial charge in [0.25, 0.3) is 0 Å². The summed E-state index contributed by atoms with van der Waals surface area (Å²) in [6.45, 7) is 0.714. The molecule has 1 N–H and O–H groups in total. The maximum absolute atomic E-state index is 13.4. The molecule has 1 fully saturated rings. The highest BCUT2D eigenvalue weighted by atomic mass is 32.2. The smallest absolute Gasteiger partial charge is 0.243 e. The summed E-state index contributed by atoms with van der Waals surface area (Å²) in [7, 11) is -2.09. The third-order valence-electron chi connectivity index (χ3n) is 3.11. The molecular weight excluding hydrogens is 274 g/mol. The van der Waals surface area contributed by atoms with E-state index in [0.29, 0.717) is 18.7 Å². The van der Waals surface area contributed by atoms with Gasteiger partial charge in [-0.3, -0.25) is 0 Å². The molecule has 2 rings (SSSR count). The molecule has 0 radical (unpaired) electrons. The summed E-state index contributed by atoms with van der Waals surface area (Å²) in [6, 6.07) is 2.90. The quantitative estimate of drug-likeness (QED) is 0.860. The average molecular weight is 290 g/mol. The Morgan fingerprint density at radius 3 is 2.68 bits per heavy atom. The minimum atomic E-state index is -4.01. The van der Waals surface area contributed by atoms with Gasteiger partial charge in [-0.25, -0.2) is 21.9 Å². The van der Waals surface area contributed by atoms with E-state index in [4.69, 9.17) is 0 Å². The Labute approximate surface area is 111 Å². The summed E-state index contributed by atoms with van der Waals surface area (Å²) >= 11 is 0. The Hall–Kier alpha value is -1.05. The summed E-state index contributed by atoms with van der Waals surface area (Å²) < 4.78 is 52.3. The number of nitrogens with one attached hydrogen (secondary N) is 1. The second-order valence-corrected chi connectivity index (χ2v) is 6.42. The predicted molar refractivity (Wildman–Crippen MR) is 67.2 cm³/mol. The largest absolute Gasteiger partial charge is 0.302 e. The first-order valence-electron chi connectivity index (χ1n) is 6.05. The predicted octanol–water partition coefficient (Wildman–Crippen LogP) is 1.34. The molecule has 0 atom stereocenters. The Morgan fingerprint density at radius 1 is 1.37 bits per heavy atom. The van der Waals surface area contributed by atoms with Gasteiger partial charge in [-0.05, 0) is 38.1 Å². The van der Waals surface area contributed by atoms with Gasteiger partial charge in [-0.15, -0.1) is 0 Å². The molecule has 1 saturated carbocycles. The number of hydrogen-bond donors (Lipinski definition) is 1. The second kappa shape index (κ2) is 5.52. The van der Waals surface area contributed by atoms with Crippen molar-refractivity contribution in [2.45, 2.75) is 23.8 Å². The Kier molecular flexibility index (Phi) is 4.17. The molecule has 1 aromatic rings. The van der Waals surface area contributed by atoms with Crippen LogP contribution in [0.2, 0.25) is 0 Å². The van der Waals surface area contributed by atoms with E-state index in [-0.39, 0.29) is 6.54 Å². The van der Waals surface area contributed by atoms with E-state index in [1.165, 1.54) is 0 Å². The van der Waals surface area contributed by atoms with Gasteiger partial charge in [0, 0.05) is 19.1 Å². The summed E-state index contributed by atoms with van der Waals surface area (Å²) in [4.78, 5) is 1.39. The van der Waals surface area contributed by atoms with Crippen molar-refractivity contribution < 1.29 is 17.2 Å². The molecule has 0 aromatic heterocycles. The van der Waals surface area contributed by atoms with Crippen LogP contribution in [-0.4, -0.2) is 39.5 Å². The number of halogens is 2. The van der Waals surface area contributed by atoms with Crippen molar-refractivity contribution in [1.82, 2.24) is 9.62 Å². The molecule has 4 nitrogen and oxygen atoms in total. The molecule has 0 bridgehead atoms. The third kappa shape index (κ3) is 3.71. The monoisotopic (exact) mass is 290 g/mol. The van der Waals surface area contributed by atoms with Crippen LogP contribution in [0.4, 0.5) is 8.78 Å². The number of hydrogen-bond acceptors (Lipinski definition) is 3. The lowest BCUT2D eigenvalue weighted by molar-refractivity contribution is 0.329. The molecule has 0 aliphatic heterocycles. The molecule has 0 saturated heterocycles. The van der Waals surface area contributed by atoms with Gasteiger partial charge in [0.2, 0.25) is 10.0 Å². The maximum Gasteiger partial charge on any atom is 0.243 e. The third-order valence-corrected chi connectivity index (χ3v) is 4.59. The lowest BCUT2D eigenvalue weighted by Crippen LogP contribution is -2.34. The fourth-order valence-corrected chi connectivity index (χ4v) is 2.92. The molecule has 7 heteroatoms. The highest BCUT2D eigenvalue weighted by Crippen LogP contribution is 2.24. The van der Waals surface area contributed by atoms with Gasteiger partial charge in [0.05, 0.1) is 0 Å². The molecule has 19 heavy (non-hydrogen) atoms. The molecular formula is C12H16F2N2O2S. The molecule has 106 valence electrons. The SMILES string of the molecule is CN(CCNS(=O)(=O)c1cc(F)ccc1F)C1CC1. The molecule has 1 aliphatic carbocycles. The van der Waals surface area contributed by atoms with E-state index < -0.39 is 26.6 Å². The zero-order chi connectivity index (χ0) is 14.0. The van der Waals surface area contributed by atoms with E-state index >= 15 is 0 Å². The first-order chi connectivity index (χ1) is 8.90. The number of benzene rings is 1. The fraction of sp³-hybridized carbons (Fsp3) is 0.500. The molecule has 0 heterocycles. The number of sulfonamides is 1. The molecule has 0 amide bonds. The van der Waals surface area contributed by atoms with Gasteiger partial charge in [0.15, 0.2) is 0 Å². The van der Waals surface area contributed by atoms with E-state index in [9.17, 15) is 17.2 Å². The highest BCUT2D eigenvalue weighted by Gasteiger charge is 2.26. The maximum atomic E-state index is 13.4. The van der Waals surface area contributed by atoms with E-state index in [0.717, 1.165) is 25.0 Å². The first kappa shape index (κ1) is 14.4. The van der Waals surface area contributed by atoms with Crippen LogP contribution < -0.4 is 4.72 Å². The van der Waals surface area contributed by atoms with Crippen LogP contribution in [0.25, 0.3) is 0 Å². The minimum Gasteiger partial charge on any atom is -0.302 e. The molecule has 1 aliphatic rings. The Morgan fingerprint density at radius 2 is 2.05 bits per heavy atom. The van der Waals surface area contributed by atoms with Crippen molar-refractivity contribution in [3.63, 3.8) is 0 Å². The normalized spacial score (nSPS) is 16.0. The number of likely N-dealkylation sites (N-methyl/N-ethyl adjacent to an activating group) is 1.